The Bertz CT molecular complexity index is 577. The van der Waals surface area contributed by atoms with Crippen LogP contribution in [0.25, 0.3) is 0 Å². The topological polar surface area (TPSA) is 18.5 Å². The van der Waals surface area contributed by atoms with Crippen molar-refractivity contribution in [2.45, 2.75) is 37.4 Å². The van der Waals surface area contributed by atoms with E-state index in [1.807, 2.05) is 48.5 Å². The van der Waals surface area contributed by atoms with Gasteiger partial charge in [0.25, 0.3) is 0 Å². The van der Waals surface area contributed by atoms with Gasteiger partial charge in [-0.1, -0.05) is 38.1 Å². The van der Waals surface area contributed by atoms with Crippen LogP contribution in [0.4, 0.5) is 0 Å². The van der Waals surface area contributed by atoms with Gasteiger partial charge in [-0.2, -0.15) is 0 Å². The summed E-state index contributed by atoms with van der Waals surface area (Å²) in [5.74, 6) is 1.54. The van der Waals surface area contributed by atoms with Gasteiger partial charge >= 0.3 is 0 Å². The maximum atomic E-state index is 6.31. The summed E-state index contributed by atoms with van der Waals surface area (Å²) in [6.07, 6.45) is 1.94. The van der Waals surface area contributed by atoms with E-state index in [9.17, 15) is 0 Å². The van der Waals surface area contributed by atoms with E-state index >= 15 is 0 Å². The molecular formula is C20H24Cl2O2. The van der Waals surface area contributed by atoms with Crippen LogP contribution in [-0.4, -0.2) is 18.1 Å². The van der Waals surface area contributed by atoms with Crippen LogP contribution < -0.4 is 9.47 Å². The highest BCUT2D eigenvalue weighted by Gasteiger charge is 2.22. The maximum absolute atomic E-state index is 6.31. The zero-order valence-corrected chi connectivity index (χ0v) is 15.7. The first kappa shape index (κ1) is 19.0. The first-order chi connectivity index (χ1) is 11.7. The Morgan fingerprint density at radius 2 is 1.25 bits per heavy atom. The predicted octanol–water partition coefficient (Wildman–Crippen LogP) is 6.20. The van der Waals surface area contributed by atoms with Crippen LogP contribution in [0.3, 0.4) is 0 Å². The zero-order valence-electron chi connectivity index (χ0n) is 14.2. The minimum Gasteiger partial charge on any atom is -0.494 e. The molecule has 0 bridgehead atoms. The second-order valence-corrected chi connectivity index (χ2v) is 6.82. The van der Waals surface area contributed by atoms with Crippen LogP contribution in [0.1, 0.15) is 43.7 Å². The number of ether oxygens (including phenoxy) is 2. The normalized spacial score (nSPS) is 11.1. The molecular weight excluding hydrogens is 343 g/mol. The highest BCUT2D eigenvalue weighted by atomic mass is 35.5. The lowest BCUT2D eigenvalue weighted by molar-refractivity contribution is 0.316. The molecule has 0 atom stereocenters. The van der Waals surface area contributed by atoms with Gasteiger partial charge in [0.15, 0.2) is 0 Å². The quantitative estimate of drug-likeness (QED) is 0.491. The van der Waals surface area contributed by atoms with Gasteiger partial charge in [-0.3, -0.25) is 0 Å². The van der Waals surface area contributed by atoms with Gasteiger partial charge in [-0.25, -0.2) is 0 Å². The lowest BCUT2D eigenvalue weighted by Gasteiger charge is -2.20. The van der Waals surface area contributed by atoms with Crippen molar-refractivity contribution in [2.24, 2.45) is 0 Å². The molecule has 0 saturated carbocycles. The zero-order chi connectivity index (χ0) is 17.4. The third-order valence-electron chi connectivity index (χ3n) is 3.63. The Kier molecular flexibility index (Phi) is 7.74. The summed E-state index contributed by atoms with van der Waals surface area (Å²) in [5.41, 5.74) is 2.07. The van der Waals surface area contributed by atoms with Gasteiger partial charge in [0.1, 0.15) is 16.3 Å². The van der Waals surface area contributed by atoms with Gasteiger partial charge in [-0.05, 0) is 48.2 Å². The van der Waals surface area contributed by atoms with Crippen molar-refractivity contribution in [3.63, 3.8) is 0 Å². The monoisotopic (exact) mass is 366 g/mol. The van der Waals surface area contributed by atoms with Crippen molar-refractivity contribution in [3.05, 3.63) is 59.7 Å². The number of alkyl halides is 2. The lowest BCUT2D eigenvalue weighted by Crippen LogP contribution is -2.10. The molecule has 0 aliphatic rings. The first-order valence-corrected chi connectivity index (χ1v) is 9.26. The van der Waals surface area contributed by atoms with E-state index in [1.54, 1.807) is 0 Å². The fraction of sp³-hybridized carbons (Fsp3) is 0.400. The van der Waals surface area contributed by atoms with Crippen molar-refractivity contribution < 1.29 is 9.47 Å². The Morgan fingerprint density at radius 3 is 1.62 bits per heavy atom. The highest BCUT2D eigenvalue weighted by Crippen LogP contribution is 2.36. The smallest absolute Gasteiger partial charge is 0.119 e. The molecule has 0 radical (unpaired) electrons. The summed E-state index contributed by atoms with van der Waals surface area (Å²) in [4.78, 5) is -0.562. The van der Waals surface area contributed by atoms with Crippen molar-refractivity contribution in [2.75, 3.05) is 13.2 Å². The Morgan fingerprint density at radius 1 is 0.792 bits per heavy atom. The van der Waals surface area contributed by atoms with E-state index in [4.69, 9.17) is 32.7 Å². The van der Waals surface area contributed by atoms with Gasteiger partial charge in [0.2, 0.25) is 0 Å². The van der Waals surface area contributed by atoms with Crippen molar-refractivity contribution in [3.8, 4) is 11.5 Å². The summed E-state index contributed by atoms with van der Waals surface area (Å²) < 4.78 is 11.5. The molecule has 0 spiro atoms. The molecule has 0 saturated heterocycles. The van der Waals surface area contributed by atoms with Crippen molar-refractivity contribution in [1.29, 1.82) is 0 Å². The van der Waals surface area contributed by atoms with Gasteiger partial charge in [0.05, 0.1) is 13.2 Å². The number of halogens is 2. The summed E-state index contributed by atoms with van der Waals surface area (Å²) in [5, 5.41) is 0. The second-order valence-electron chi connectivity index (χ2n) is 5.65. The SMILES string of the molecule is CCCOc1cccc(C(c2cccc(OCCC)c2)C(Cl)Cl)c1. The van der Waals surface area contributed by atoms with Crippen LogP contribution in [0.5, 0.6) is 11.5 Å². The van der Waals surface area contributed by atoms with Crippen LogP contribution in [-0.2, 0) is 0 Å². The molecule has 0 heterocycles. The molecule has 0 aliphatic carbocycles. The average Bonchev–Trinajstić information content (AvgIpc) is 2.59. The molecule has 0 fully saturated rings. The predicted molar refractivity (Wildman–Crippen MR) is 102 cm³/mol. The van der Waals surface area contributed by atoms with Crippen LogP contribution in [0.15, 0.2) is 48.5 Å². The molecule has 0 amide bonds. The second kappa shape index (κ2) is 9.80. The Hall–Kier alpha value is -1.38. The Labute approximate surface area is 154 Å². The average molecular weight is 367 g/mol. The van der Waals surface area contributed by atoms with E-state index in [0.29, 0.717) is 13.2 Å². The van der Waals surface area contributed by atoms with Crippen molar-refractivity contribution >= 4 is 23.2 Å². The number of benzene rings is 2. The van der Waals surface area contributed by atoms with Crippen molar-refractivity contribution in [1.82, 2.24) is 0 Å². The lowest BCUT2D eigenvalue weighted by atomic mass is 9.92. The first-order valence-electron chi connectivity index (χ1n) is 8.39. The molecule has 2 aromatic rings. The molecule has 2 nitrogen and oxygen atoms in total. The summed E-state index contributed by atoms with van der Waals surface area (Å²) in [6, 6.07) is 15.9. The molecule has 130 valence electrons. The molecule has 24 heavy (non-hydrogen) atoms. The van der Waals surface area contributed by atoms with E-state index in [-0.39, 0.29) is 5.92 Å². The highest BCUT2D eigenvalue weighted by molar-refractivity contribution is 6.45. The summed E-state index contributed by atoms with van der Waals surface area (Å²) in [7, 11) is 0. The minimum absolute atomic E-state index is 0.135. The van der Waals surface area contributed by atoms with Gasteiger partial charge < -0.3 is 9.47 Å². The summed E-state index contributed by atoms with van der Waals surface area (Å²) in [6.45, 7) is 5.56. The number of hydrogen-bond donors (Lipinski definition) is 0. The van der Waals surface area contributed by atoms with E-state index < -0.39 is 4.84 Å². The fourth-order valence-electron chi connectivity index (χ4n) is 2.52. The molecule has 4 heteroatoms. The van der Waals surface area contributed by atoms with Crippen LogP contribution >= 0.6 is 23.2 Å². The third-order valence-corrected chi connectivity index (χ3v) is 4.14. The number of rotatable bonds is 9. The fourth-order valence-corrected chi connectivity index (χ4v) is 3.10. The molecule has 2 aromatic carbocycles. The van der Waals surface area contributed by atoms with Crippen LogP contribution in [0.2, 0.25) is 0 Å². The summed E-state index contributed by atoms with van der Waals surface area (Å²) >= 11 is 12.6. The van der Waals surface area contributed by atoms with E-state index in [2.05, 4.69) is 13.8 Å². The van der Waals surface area contributed by atoms with E-state index in [0.717, 1.165) is 35.5 Å². The minimum atomic E-state index is -0.562. The van der Waals surface area contributed by atoms with Gasteiger partial charge in [0, 0.05) is 5.92 Å². The molecule has 0 aliphatic heterocycles. The Balaban J connectivity index is 2.29. The van der Waals surface area contributed by atoms with E-state index in [1.165, 1.54) is 0 Å². The molecule has 0 unspecified atom stereocenters. The maximum Gasteiger partial charge on any atom is 0.119 e. The largest absolute Gasteiger partial charge is 0.494 e. The van der Waals surface area contributed by atoms with Gasteiger partial charge in [-0.15, -0.1) is 23.2 Å². The van der Waals surface area contributed by atoms with Crippen LogP contribution in [0, 0.1) is 0 Å². The molecule has 0 N–H and O–H groups in total. The standard InChI is InChI=1S/C20H24Cl2O2/c1-3-11-23-17-9-5-7-15(13-17)19(20(21)22)16-8-6-10-18(14-16)24-12-4-2/h5-10,13-14,19-20H,3-4,11-12H2,1-2H3. The number of hydrogen-bond acceptors (Lipinski definition) is 2. The molecule has 0 aromatic heterocycles. The third kappa shape index (κ3) is 5.32. The molecule has 2 rings (SSSR count).